The van der Waals surface area contributed by atoms with Crippen LogP contribution < -0.4 is 5.32 Å². The van der Waals surface area contributed by atoms with Gasteiger partial charge in [-0.15, -0.1) is 0 Å². The van der Waals surface area contributed by atoms with Crippen LogP contribution in [0.4, 0.5) is 0 Å². The van der Waals surface area contributed by atoms with Gasteiger partial charge in [-0.3, -0.25) is 4.79 Å². The van der Waals surface area contributed by atoms with E-state index >= 15 is 0 Å². The van der Waals surface area contributed by atoms with Crippen molar-refractivity contribution < 1.29 is 9.59 Å². The topological polar surface area (TPSA) is 46.2 Å². The van der Waals surface area contributed by atoms with E-state index in [9.17, 15) is 4.79 Å². The van der Waals surface area contributed by atoms with Crippen molar-refractivity contribution in [1.29, 1.82) is 0 Å². The van der Waals surface area contributed by atoms with E-state index in [0.29, 0.717) is 17.9 Å². The Morgan fingerprint density at radius 1 is 1.04 bits per heavy atom. The van der Waals surface area contributed by atoms with Crippen molar-refractivity contribution in [2.75, 3.05) is 0 Å². The van der Waals surface area contributed by atoms with E-state index in [4.69, 9.17) is 4.79 Å². The number of carbonyl (C=O) groups is 2. The summed E-state index contributed by atoms with van der Waals surface area (Å²) in [5, 5.41) is 3.81. The van der Waals surface area contributed by atoms with Gasteiger partial charge < -0.3 is 10.1 Å². The second kappa shape index (κ2) is 10.5. The molecule has 4 aliphatic rings. The number of carbonyl (C=O) groups excluding carboxylic acids is 2. The van der Waals surface area contributed by atoms with Crippen molar-refractivity contribution in [3.05, 3.63) is 34.9 Å². The van der Waals surface area contributed by atoms with Gasteiger partial charge in [0.15, 0.2) is 0 Å². The fraction of sp³-hybridized carbons (Fsp3) is 0.636. The van der Waals surface area contributed by atoms with Crippen LogP contribution in [0.25, 0.3) is 0 Å². The summed E-state index contributed by atoms with van der Waals surface area (Å²) in [5.74, 6) is 0.464. The zero-order valence-electron chi connectivity index (χ0n) is 15.9. The molecule has 2 atom stereocenters. The molecule has 4 rings (SSSR count). The van der Waals surface area contributed by atoms with Crippen molar-refractivity contribution in [2.45, 2.75) is 90.1 Å². The molecule has 0 amide bonds. The van der Waals surface area contributed by atoms with E-state index in [2.05, 4.69) is 30.5 Å². The first-order chi connectivity index (χ1) is 12.2. The van der Waals surface area contributed by atoms with Gasteiger partial charge in [-0.1, -0.05) is 36.6 Å². The summed E-state index contributed by atoms with van der Waals surface area (Å²) in [6.07, 6.45) is 19.4. The predicted molar refractivity (Wildman–Crippen MR) is 104 cm³/mol. The Bertz CT molecular complexity index is 548. The van der Waals surface area contributed by atoms with Gasteiger partial charge >= 0.3 is 0 Å². The number of ketones is 1. The monoisotopic (exact) mass is 343 g/mol. The maximum absolute atomic E-state index is 10.5. The molecule has 1 aliphatic heterocycles. The van der Waals surface area contributed by atoms with Crippen LogP contribution in [0.3, 0.4) is 0 Å². The molecule has 1 heterocycles. The van der Waals surface area contributed by atoms with Gasteiger partial charge in [0.1, 0.15) is 12.1 Å². The van der Waals surface area contributed by atoms with Crippen molar-refractivity contribution in [2.24, 2.45) is 0 Å². The average molecular weight is 344 g/mol. The molecule has 3 nitrogen and oxygen atoms in total. The van der Waals surface area contributed by atoms with Gasteiger partial charge in [-0.2, -0.15) is 0 Å². The molecule has 0 bridgehead atoms. The number of hydrogen-bond donors (Lipinski definition) is 1. The fourth-order valence-electron chi connectivity index (χ4n) is 4.19. The SMILES string of the molecule is CC1=C2CCCCC2NC2CC=CC=C12.CC=O.O=C1CCCCC1. The van der Waals surface area contributed by atoms with Crippen LogP contribution in [0.2, 0.25) is 0 Å². The molecule has 0 saturated heterocycles. The lowest BCUT2D eigenvalue weighted by Crippen LogP contribution is -2.46. The summed E-state index contributed by atoms with van der Waals surface area (Å²) in [6, 6.07) is 1.29. The van der Waals surface area contributed by atoms with E-state index in [1.54, 1.807) is 16.7 Å². The number of hydrogen-bond acceptors (Lipinski definition) is 3. The lowest BCUT2D eigenvalue weighted by Gasteiger charge is -2.39. The summed E-state index contributed by atoms with van der Waals surface area (Å²) in [6.45, 7) is 3.77. The highest BCUT2D eigenvalue weighted by Gasteiger charge is 2.31. The van der Waals surface area contributed by atoms with Crippen LogP contribution in [0, 0.1) is 0 Å². The van der Waals surface area contributed by atoms with E-state index < -0.39 is 0 Å². The van der Waals surface area contributed by atoms with Crippen LogP contribution in [0.1, 0.15) is 78.1 Å². The van der Waals surface area contributed by atoms with Crippen molar-refractivity contribution in [3.63, 3.8) is 0 Å². The minimum atomic E-state index is 0.464. The highest BCUT2D eigenvalue weighted by atomic mass is 16.1. The van der Waals surface area contributed by atoms with Gasteiger partial charge in [0.2, 0.25) is 0 Å². The Morgan fingerprint density at radius 2 is 1.72 bits per heavy atom. The second-order valence-corrected chi connectivity index (χ2v) is 7.29. The number of allylic oxidation sites excluding steroid dienone is 2. The molecule has 3 aliphatic carbocycles. The van der Waals surface area contributed by atoms with Crippen molar-refractivity contribution in [3.8, 4) is 0 Å². The van der Waals surface area contributed by atoms with Crippen molar-refractivity contribution >= 4 is 12.1 Å². The van der Waals surface area contributed by atoms with Crippen molar-refractivity contribution in [1.82, 2.24) is 5.32 Å². The smallest absolute Gasteiger partial charge is 0.132 e. The Morgan fingerprint density at radius 3 is 2.36 bits per heavy atom. The molecule has 0 radical (unpaired) electrons. The first kappa shape index (κ1) is 19.8. The molecule has 2 saturated carbocycles. The normalized spacial score (nSPS) is 27.6. The third-order valence-electron chi connectivity index (χ3n) is 5.50. The maximum atomic E-state index is 10.5. The van der Waals surface area contributed by atoms with Gasteiger partial charge in [0, 0.05) is 24.9 Å². The first-order valence-corrected chi connectivity index (χ1v) is 9.91. The highest BCUT2D eigenvalue weighted by Crippen LogP contribution is 2.36. The van der Waals surface area contributed by atoms with Gasteiger partial charge in [-0.05, 0) is 63.5 Å². The third kappa shape index (κ3) is 5.78. The van der Waals surface area contributed by atoms with Crippen LogP contribution in [-0.4, -0.2) is 24.2 Å². The predicted octanol–water partition coefficient (Wildman–Crippen LogP) is 4.83. The number of aldehydes is 1. The molecule has 0 aromatic heterocycles. The minimum absolute atomic E-state index is 0.464. The van der Waals surface area contributed by atoms with Crippen LogP contribution in [0.15, 0.2) is 34.9 Å². The molecule has 0 spiro atoms. The molecule has 3 heteroatoms. The quantitative estimate of drug-likeness (QED) is 0.641. The number of rotatable bonds is 0. The summed E-state index contributed by atoms with van der Waals surface area (Å²) < 4.78 is 0. The van der Waals surface area contributed by atoms with E-state index in [-0.39, 0.29) is 0 Å². The molecule has 1 N–H and O–H groups in total. The van der Waals surface area contributed by atoms with E-state index in [1.807, 2.05) is 0 Å². The van der Waals surface area contributed by atoms with Gasteiger partial charge in [0.05, 0.1) is 0 Å². The number of nitrogens with one attached hydrogen (secondary N) is 1. The molecular weight excluding hydrogens is 310 g/mol. The minimum Gasteiger partial charge on any atom is -0.304 e. The highest BCUT2D eigenvalue weighted by molar-refractivity contribution is 5.78. The molecular formula is C22H33NO2. The average Bonchev–Trinajstić information content (AvgIpc) is 2.64. The second-order valence-electron chi connectivity index (χ2n) is 7.29. The summed E-state index contributed by atoms with van der Waals surface area (Å²) in [5.41, 5.74) is 4.83. The lowest BCUT2D eigenvalue weighted by molar-refractivity contribution is -0.120. The molecule has 138 valence electrons. The standard InChI is InChI=1S/C14H19N.C6H10O.C2H4O/c1-10-11-6-2-4-8-13(11)15-14-9-5-3-7-12(10)14;7-6-4-2-1-3-5-6;1-2-3/h2,4,6,13-15H,3,5,7-9H2,1H3;1-5H2;2H,1H3. The molecule has 2 unspecified atom stereocenters. The zero-order chi connectivity index (χ0) is 18.1. The number of Topliss-reactive ketones (excluding diaryl/α,β-unsaturated/α-hetero) is 1. The van der Waals surface area contributed by atoms with Gasteiger partial charge in [0.25, 0.3) is 0 Å². The van der Waals surface area contributed by atoms with Crippen LogP contribution in [0.5, 0.6) is 0 Å². The molecule has 0 aromatic carbocycles. The summed E-state index contributed by atoms with van der Waals surface area (Å²) in [7, 11) is 0. The van der Waals surface area contributed by atoms with E-state index in [1.165, 1.54) is 45.4 Å². The molecule has 2 fully saturated rings. The Labute approximate surface area is 152 Å². The Hall–Kier alpha value is -1.48. The van der Waals surface area contributed by atoms with Crippen LogP contribution >= 0.6 is 0 Å². The number of fused-ring (bicyclic) bond motifs is 2. The van der Waals surface area contributed by atoms with Crippen LogP contribution in [-0.2, 0) is 9.59 Å². The third-order valence-corrected chi connectivity index (χ3v) is 5.50. The fourth-order valence-corrected chi connectivity index (χ4v) is 4.19. The zero-order valence-corrected chi connectivity index (χ0v) is 15.9. The van der Waals surface area contributed by atoms with E-state index in [0.717, 1.165) is 32.0 Å². The first-order valence-electron chi connectivity index (χ1n) is 9.91. The Kier molecular flexibility index (Phi) is 8.33. The molecule has 25 heavy (non-hydrogen) atoms. The summed E-state index contributed by atoms with van der Waals surface area (Å²) >= 11 is 0. The van der Waals surface area contributed by atoms with Gasteiger partial charge in [-0.25, -0.2) is 0 Å². The summed E-state index contributed by atoms with van der Waals surface area (Å²) in [4.78, 5) is 19.3. The Balaban J connectivity index is 0.000000189. The molecule has 0 aromatic rings. The lowest BCUT2D eigenvalue weighted by atomic mass is 9.78. The maximum Gasteiger partial charge on any atom is 0.132 e. The largest absolute Gasteiger partial charge is 0.304 e.